The van der Waals surface area contributed by atoms with E-state index in [0.29, 0.717) is 23.9 Å². The Kier molecular flexibility index (Phi) is 7.47. The lowest BCUT2D eigenvalue weighted by atomic mass is 10.2. The predicted molar refractivity (Wildman–Crippen MR) is 123 cm³/mol. The Labute approximate surface area is 193 Å². The number of piperazine rings is 1. The smallest absolute Gasteiger partial charge is 0.341 e. The van der Waals surface area contributed by atoms with E-state index in [1.807, 2.05) is 36.4 Å². The lowest BCUT2D eigenvalue weighted by Gasteiger charge is -2.32. The van der Waals surface area contributed by atoms with Gasteiger partial charge in [-0.2, -0.15) is 0 Å². The Balaban J connectivity index is 1.20. The van der Waals surface area contributed by atoms with Crippen LogP contribution in [0.25, 0.3) is 11.3 Å². The number of unbranched alkanes of at least 4 members (excludes halogenated alkanes) is 1. The first kappa shape index (κ1) is 22.8. The van der Waals surface area contributed by atoms with Crippen LogP contribution in [0, 0.1) is 0 Å². The second kappa shape index (κ2) is 10.5. The molecule has 9 heteroatoms. The summed E-state index contributed by atoms with van der Waals surface area (Å²) in [5.41, 5.74) is 3.95. The lowest BCUT2D eigenvalue weighted by Crippen LogP contribution is -2.44. The van der Waals surface area contributed by atoms with Gasteiger partial charge in [0.05, 0.1) is 6.54 Å². The Bertz CT molecular complexity index is 924. The number of hydrazine groups is 1. The zero-order chi connectivity index (χ0) is 22.5. The summed E-state index contributed by atoms with van der Waals surface area (Å²) in [6.45, 7) is 6.21. The number of carbonyl (C=O) groups excluding carboxylic acids is 2. The molecule has 2 aliphatic heterocycles. The van der Waals surface area contributed by atoms with Gasteiger partial charge in [-0.1, -0.05) is 11.6 Å². The summed E-state index contributed by atoms with van der Waals surface area (Å²) < 4.78 is 5.85. The summed E-state index contributed by atoms with van der Waals surface area (Å²) in [6.07, 6.45) is 1.80. The van der Waals surface area contributed by atoms with E-state index in [0.717, 1.165) is 56.9 Å². The summed E-state index contributed by atoms with van der Waals surface area (Å²) in [4.78, 5) is 31.1. The minimum atomic E-state index is -0.293. The third kappa shape index (κ3) is 5.69. The molecule has 8 nitrogen and oxygen atoms in total. The largest absolute Gasteiger partial charge is 0.460 e. The number of imide groups is 1. The Hall–Kier alpha value is -2.39. The summed E-state index contributed by atoms with van der Waals surface area (Å²) in [5.74, 6) is 1.24. The third-order valence-corrected chi connectivity index (χ3v) is 6.24. The van der Waals surface area contributed by atoms with Crippen LogP contribution in [0.2, 0.25) is 5.02 Å². The highest BCUT2D eigenvalue weighted by atomic mass is 35.5. The van der Waals surface area contributed by atoms with Crippen molar-refractivity contribution in [1.82, 2.24) is 25.1 Å². The quantitative estimate of drug-likeness (QED) is 0.459. The molecule has 0 radical (unpaired) electrons. The monoisotopic (exact) mass is 459 g/mol. The minimum absolute atomic E-state index is 0.0437. The maximum Gasteiger partial charge on any atom is 0.341 e. The normalized spacial score (nSPS) is 18.2. The fourth-order valence-corrected chi connectivity index (χ4v) is 4.10. The van der Waals surface area contributed by atoms with E-state index in [4.69, 9.17) is 16.0 Å². The Morgan fingerprint density at radius 3 is 2.44 bits per heavy atom. The van der Waals surface area contributed by atoms with Crippen LogP contribution in [0.15, 0.2) is 40.8 Å². The molecule has 0 bridgehead atoms. The lowest BCUT2D eigenvalue weighted by molar-refractivity contribution is -0.125. The number of nitrogens with zero attached hydrogens (tertiary/aromatic N) is 4. The zero-order valence-corrected chi connectivity index (χ0v) is 19.2. The van der Waals surface area contributed by atoms with Crippen LogP contribution in [-0.2, 0) is 11.3 Å². The van der Waals surface area contributed by atoms with E-state index < -0.39 is 0 Å². The fourth-order valence-electron chi connectivity index (χ4n) is 3.98. The molecule has 32 heavy (non-hydrogen) atoms. The van der Waals surface area contributed by atoms with Crippen molar-refractivity contribution in [3.63, 3.8) is 0 Å². The number of benzene rings is 1. The van der Waals surface area contributed by atoms with E-state index in [1.54, 1.807) is 0 Å². The average Bonchev–Trinajstić information content (AvgIpc) is 3.36. The molecule has 0 spiro atoms. The molecule has 0 saturated carbocycles. The van der Waals surface area contributed by atoms with Gasteiger partial charge in [0.25, 0.3) is 5.91 Å². The van der Waals surface area contributed by atoms with Crippen LogP contribution < -0.4 is 5.43 Å². The number of likely N-dealkylation sites (N-methyl/N-ethyl adjacent to an activating group) is 1. The van der Waals surface area contributed by atoms with Crippen molar-refractivity contribution >= 4 is 23.5 Å². The standard InChI is InChI=1S/C23H30ClN5O3/c1-26-12-14-27(15-13-26)10-2-3-11-28-22(30)17-29(23(28)31)25-16-20-8-9-21(32-20)18-4-6-19(24)7-5-18/h4-9,25H,2-3,10-17H2,1H3. The molecule has 0 atom stereocenters. The highest BCUT2D eigenvalue weighted by Crippen LogP contribution is 2.24. The number of hydrogen-bond donors (Lipinski definition) is 1. The van der Waals surface area contributed by atoms with Crippen molar-refractivity contribution in [2.45, 2.75) is 19.4 Å². The number of amides is 3. The molecule has 0 aliphatic carbocycles. The fraction of sp³-hybridized carbons (Fsp3) is 0.478. The van der Waals surface area contributed by atoms with Gasteiger partial charge in [0.2, 0.25) is 0 Å². The maximum absolute atomic E-state index is 12.6. The zero-order valence-electron chi connectivity index (χ0n) is 18.4. The van der Waals surface area contributed by atoms with Gasteiger partial charge in [-0.3, -0.25) is 9.69 Å². The molecule has 2 aromatic rings. The van der Waals surface area contributed by atoms with Crippen molar-refractivity contribution in [3.05, 3.63) is 47.2 Å². The molecule has 3 amide bonds. The second-order valence-electron chi connectivity index (χ2n) is 8.37. The highest BCUT2D eigenvalue weighted by Gasteiger charge is 2.35. The predicted octanol–water partition coefficient (Wildman–Crippen LogP) is 2.90. The molecule has 4 rings (SSSR count). The van der Waals surface area contributed by atoms with Gasteiger partial charge >= 0.3 is 6.03 Å². The number of nitrogens with one attached hydrogen (secondary N) is 1. The Morgan fingerprint density at radius 2 is 1.69 bits per heavy atom. The summed E-state index contributed by atoms with van der Waals surface area (Å²) in [6, 6.07) is 10.8. The number of rotatable bonds is 9. The van der Waals surface area contributed by atoms with E-state index >= 15 is 0 Å². The molecule has 0 unspecified atom stereocenters. The first-order chi connectivity index (χ1) is 15.5. The van der Waals surface area contributed by atoms with Crippen molar-refractivity contribution in [2.75, 3.05) is 52.9 Å². The average molecular weight is 460 g/mol. The molecular formula is C23H30ClN5O3. The van der Waals surface area contributed by atoms with Crippen LogP contribution in [0.1, 0.15) is 18.6 Å². The first-order valence-electron chi connectivity index (χ1n) is 11.1. The number of halogens is 1. The van der Waals surface area contributed by atoms with Gasteiger partial charge in [-0.25, -0.2) is 15.2 Å². The second-order valence-corrected chi connectivity index (χ2v) is 8.81. The molecular weight excluding hydrogens is 430 g/mol. The number of carbonyl (C=O) groups is 2. The molecule has 172 valence electrons. The van der Waals surface area contributed by atoms with Gasteiger partial charge in [0.1, 0.15) is 18.1 Å². The van der Waals surface area contributed by atoms with Gasteiger partial charge in [-0.15, -0.1) is 0 Å². The van der Waals surface area contributed by atoms with Gasteiger partial charge in [-0.05, 0) is 62.8 Å². The van der Waals surface area contributed by atoms with Crippen LogP contribution >= 0.6 is 11.6 Å². The SMILES string of the molecule is CN1CCN(CCCCN2C(=O)CN(NCc3ccc(-c4ccc(Cl)cc4)o3)C2=O)CC1. The van der Waals surface area contributed by atoms with Crippen LogP contribution in [0.4, 0.5) is 4.79 Å². The topological polar surface area (TPSA) is 72.3 Å². The summed E-state index contributed by atoms with van der Waals surface area (Å²) in [5, 5.41) is 2.04. The molecule has 1 aromatic carbocycles. The van der Waals surface area contributed by atoms with Crippen molar-refractivity contribution in [3.8, 4) is 11.3 Å². The van der Waals surface area contributed by atoms with Crippen molar-refractivity contribution in [2.24, 2.45) is 0 Å². The van der Waals surface area contributed by atoms with Crippen molar-refractivity contribution in [1.29, 1.82) is 0 Å². The van der Waals surface area contributed by atoms with Gasteiger partial charge < -0.3 is 14.2 Å². The molecule has 2 aliphatic rings. The molecule has 1 N–H and O–H groups in total. The number of furan rings is 1. The van der Waals surface area contributed by atoms with Crippen LogP contribution in [0.5, 0.6) is 0 Å². The number of urea groups is 1. The van der Waals surface area contributed by atoms with Crippen molar-refractivity contribution < 1.29 is 14.0 Å². The summed E-state index contributed by atoms with van der Waals surface area (Å²) in [7, 11) is 2.15. The molecule has 1 aromatic heterocycles. The minimum Gasteiger partial charge on any atom is -0.460 e. The van der Waals surface area contributed by atoms with Gasteiger partial charge in [0, 0.05) is 43.3 Å². The number of hydrogen-bond acceptors (Lipinski definition) is 6. The van der Waals surface area contributed by atoms with Crippen LogP contribution in [-0.4, -0.2) is 84.5 Å². The maximum atomic E-state index is 12.6. The van der Waals surface area contributed by atoms with E-state index in [2.05, 4.69) is 22.3 Å². The molecule has 2 fully saturated rings. The highest BCUT2D eigenvalue weighted by molar-refractivity contribution is 6.30. The molecule has 2 saturated heterocycles. The van der Waals surface area contributed by atoms with E-state index in [9.17, 15) is 9.59 Å². The third-order valence-electron chi connectivity index (χ3n) is 5.99. The van der Waals surface area contributed by atoms with Crippen LogP contribution in [0.3, 0.4) is 0 Å². The molecule has 3 heterocycles. The van der Waals surface area contributed by atoms with E-state index in [1.165, 1.54) is 9.91 Å². The van der Waals surface area contributed by atoms with Gasteiger partial charge in [0.15, 0.2) is 0 Å². The summed E-state index contributed by atoms with van der Waals surface area (Å²) >= 11 is 5.93. The van der Waals surface area contributed by atoms with E-state index in [-0.39, 0.29) is 18.5 Å². The first-order valence-corrected chi connectivity index (χ1v) is 11.5. The Morgan fingerprint density at radius 1 is 0.969 bits per heavy atom.